The van der Waals surface area contributed by atoms with Gasteiger partial charge in [0.2, 0.25) is 11.8 Å². The van der Waals surface area contributed by atoms with Crippen LogP contribution in [0.4, 0.5) is 0 Å². The molecule has 0 aromatic rings. The van der Waals surface area contributed by atoms with Gasteiger partial charge in [-0.05, 0) is 52.1 Å². The predicted octanol–water partition coefficient (Wildman–Crippen LogP) is 1.25. The number of amides is 2. The maximum absolute atomic E-state index is 12.8. The van der Waals surface area contributed by atoms with Crippen molar-refractivity contribution in [2.75, 3.05) is 19.6 Å². The third-order valence-corrected chi connectivity index (χ3v) is 6.10. The molecule has 0 saturated carbocycles. The summed E-state index contributed by atoms with van der Waals surface area (Å²) in [5.74, 6) is -0.797. The molecule has 31 heavy (non-hydrogen) atoms. The van der Waals surface area contributed by atoms with Gasteiger partial charge in [-0.25, -0.2) is 0 Å². The summed E-state index contributed by atoms with van der Waals surface area (Å²) in [5, 5.41) is 18.7. The molecule has 1 aliphatic rings. The Bertz CT molecular complexity index is 556. The fraction of sp³-hybridized carbons (Fsp3) is 0.870. The number of aliphatic hydroxyl groups is 1. The predicted molar refractivity (Wildman–Crippen MR) is 122 cm³/mol. The lowest BCUT2D eigenvalue weighted by molar-refractivity contribution is -0.135. The Morgan fingerprint density at radius 3 is 2.39 bits per heavy atom. The molecule has 0 aromatic carbocycles. The van der Waals surface area contributed by atoms with Crippen molar-refractivity contribution in [3.05, 3.63) is 0 Å². The van der Waals surface area contributed by atoms with Gasteiger partial charge in [0.1, 0.15) is 6.04 Å². The summed E-state index contributed by atoms with van der Waals surface area (Å²) in [7, 11) is 0. The van der Waals surface area contributed by atoms with Gasteiger partial charge in [0, 0.05) is 6.54 Å². The number of rotatable bonds is 15. The summed E-state index contributed by atoms with van der Waals surface area (Å²) in [6.45, 7) is 6.79. The Balaban J connectivity index is 2.54. The van der Waals surface area contributed by atoms with Gasteiger partial charge >= 0.3 is 0 Å². The van der Waals surface area contributed by atoms with Gasteiger partial charge in [-0.3, -0.25) is 14.4 Å². The molecule has 2 amide bonds. The van der Waals surface area contributed by atoms with E-state index in [1.807, 2.05) is 0 Å². The van der Waals surface area contributed by atoms with Crippen LogP contribution in [0.2, 0.25) is 0 Å². The summed E-state index contributed by atoms with van der Waals surface area (Å²) in [4.78, 5) is 37.1. The van der Waals surface area contributed by atoms with Gasteiger partial charge in [-0.2, -0.15) is 0 Å². The average Bonchev–Trinajstić information content (AvgIpc) is 2.73. The molecule has 180 valence electrons. The van der Waals surface area contributed by atoms with E-state index < -0.39 is 24.1 Å². The second-order valence-electron chi connectivity index (χ2n) is 8.99. The number of nitrogens with one attached hydrogen (secondary N) is 3. The number of Topliss-reactive ketones (excluding diaryl/α,β-unsaturated/α-hetero) is 1. The first-order valence-electron chi connectivity index (χ1n) is 12.0. The highest BCUT2D eigenvalue weighted by Gasteiger charge is 2.33. The zero-order chi connectivity index (χ0) is 23.2. The van der Waals surface area contributed by atoms with E-state index in [2.05, 4.69) is 22.9 Å². The van der Waals surface area contributed by atoms with E-state index >= 15 is 0 Å². The number of aliphatic hydroxyl groups excluding tert-OH is 1. The Morgan fingerprint density at radius 1 is 1.10 bits per heavy atom. The van der Waals surface area contributed by atoms with E-state index in [-0.39, 0.29) is 24.2 Å². The first kappa shape index (κ1) is 27.5. The van der Waals surface area contributed by atoms with Gasteiger partial charge in [0.25, 0.3) is 0 Å². The smallest absolute Gasteiger partial charge is 0.245 e. The van der Waals surface area contributed by atoms with Crippen molar-refractivity contribution in [1.29, 1.82) is 0 Å². The summed E-state index contributed by atoms with van der Waals surface area (Å²) in [5.41, 5.74) is 5.51. The van der Waals surface area contributed by atoms with Gasteiger partial charge < -0.3 is 26.8 Å². The van der Waals surface area contributed by atoms with Gasteiger partial charge in [-0.15, -0.1) is 0 Å². The molecular formula is C23H44N4O4. The van der Waals surface area contributed by atoms with Crippen LogP contribution < -0.4 is 21.7 Å². The van der Waals surface area contributed by atoms with E-state index in [4.69, 9.17) is 5.73 Å². The summed E-state index contributed by atoms with van der Waals surface area (Å²) >= 11 is 0. The number of nitrogens with two attached hydrogens (primary N) is 1. The molecule has 8 nitrogen and oxygen atoms in total. The molecule has 0 aliphatic carbocycles. The Kier molecular flexibility index (Phi) is 13.6. The minimum atomic E-state index is -1.11. The quantitative estimate of drug-likeness (QED) is 0.243. The highest BCUT2D eigenvalue weighted by Crippen LogP contribution is 2.22. The van der Waals surface area contributed by atoms with E-state index in [0.717, 1.165) is 19.4 Å². The van der Waals surface area contributed by atoms with Gasteiger partial charge in [0.15, 0.2) is 5.78 Å². The molecule has 1 heterocycles. The topological polar surface area (TPSA) is 134 Å². The minimum Gasteiger partial charge on any atom is -0.391 e. The molecule has 0 aromatic heterocycles. The monoisotopic (exact) mass is 440 g/mol. The molecule has 8 heteroatoms. The molecule has 6 N–H and O–H groups in total. The summed E-state index contributed by atoms with van der Waals surface area (Å²) < 4.78 is 0. The molecule has 1 rings (SSSR count). The van der Waals surface area contributed by atoms with Crippen LogP contribution in [-0.2, 0) is 14.4 Å². The minimum absolute atomic E-state index is 0.205. The lowest BCUT2D eigenvalue weighted by atomic mass is 9.86. The van der Waals surface area contributed by atoms with Crippen LogP contribution in [-0.4, -0.2) is 60.5 Å². The number of hydrogen-bond acceptors (Lipinski definition) is 6. The molecule has 0 spiro atoms. The van der Waals surface area contributed by atoms with Crippen molar-refractivity contribution in [2.24, 2.45) is 17.6 Å². The number of carbonyl (C=O) groups is 3. The van der Waals surface area contributed by atoms with Gasteiger partial charge in [-0.1, -0.05) is 45.4 Å². The second kappa shape index (κ2) is 15.3. The lowest BCUT2D eigenvalue weighted by Gasteiger charge is -2.31. The molecule has 0 radical (unpaired) electrons. The molecule has 1 aliphatic heterocycles. The third kappa shape index (κ3) is 10.6. The van der Waals surface area contributed by atoms with E-state index in [1.165, 1.54) is 52.4 Å². The molecule has 1 saturated heterocycles. The van der Waals surface area contributed by atoms with E-state index in [0.29, 0.717) is 18.9 Å². The molecule has 1 fully saturated rings. The summed E-state index contributed by atoms with van der Waals surface area (Å²) in [6, 6.07) is -1.82. The molecule has 0 bridgehead atoms. The van der Waals surface area contributed by atoms with Crippen molar-refractivity contribution in [1.82, 2.24) is 16.0 Å². The standard InChI is InChI=1S/C23H44N4O4/c1-4-5-6-7-8-9-10-18-13-19(15-25-14-18)22(30)27-21(17(3)29)23(31)26-20(11-12-24)16(2)28/h17-21,25,29H,4-15,24H2,1-3H3,(H,26,31)(H,27,30)/t17-,18-,19-,20-,21-/m0/s1. The third-order valence-electron chi connectivity index (χ3n) is 6.10. The van der Waals surface area contributed by atoms with E-state index in [1.54, 1.807) is 0 Å². The Morgan fingerprint density at radius 2 is 1.77 bits per heavy atom. The van der Waals surface area contributed by atoms with Crippen LogP contribution in [0.15, 0.2) is 0 Å². The number of piperidine rings is 1. The van der Waals surface area contributed by atoms with Crippen LogP contribution >= 0.6 is 0 Å². The van der Waals surface area contributed by atoms with Crippen LogP contribution in [0.5, 0.6) is 0 Å². The number of unbranched alkanes of at least 4 members (excludes halogenated alkanes) is 5. The van der Waals surface area contributed by atoms with Crippen LogP contribution in [0.3, 0.4) is 0 Å². The number of hydrogen-bond donors (Lipinski definition) is 5. The van der Waals surface area contributed by atoms with Crippen molar-refractivity contribution < 1.29 is 19.5 Å². The number of carbonyl (C=O) groups excluding carboxylic acids is 3. The maximum atomic E-state index is 12.8. The fourth-order valence-corrected chi connectivity index (χ4v) is 4.15. The van der Waals surface area contributed by atoms with E-state index in [9.17, 15) is 19.5 Å². The van der Waals surface area contributed by atoms with Crippen molar-refractivity contribution in [3.63, 3.8) is 0 Å². The van der Waals surface area contributed by atoms with Crippen LogP contribution in [0.25, 0.3) is 0 Å². The SMILES string of the molecule is CCCCCCCC[C@@H]1CNC[C@@H](C(=O)N[C@H](C(=O)N[C@@H](CCN)C(C)=O)[C@H](C)O)C1. The zero-order valence-corrected chi connectivity index (χ0v) is 19.6. The second-order valence-corrected chi connectivity index (χ2v) is 8.99. The maximum Gasteiger partial charge on any atom is 0.245 e. The van der Waals surface area contributed by atoms with Crippen LogP contribution in [0.1, 0.15) is 78.6 Å². The van der Waals surface area contributed by atoms with Crippen LogP contribution in [0, 0.1) is 11.8 Å². The average molecular weight is 441 g/mol. The van der Waals surface area contributed by atoms with Crippen molar-refractivity contribution in [3.8, 4) is 0 Å². The zero-order valence-electron chi connectivity index (χ0n) is 19.6. The molecular weight excluding hydrogens is 396 g/mol. The van der Waals surface area contributed by atoms with Gasteiger partial charge in [0.05, 0.1) is 18.1 Å². The van der Waals surface area contributed by atoms with Crippen molar-refractivity contribution >= 4 is 17.6 Å². The Hall–Kier alpha value is -1.51. The largest absolute Gasteiger partial charge is 0.391 e. The normalized spacial score (nSPS) is 21.7. The summed E-state index contributed by atoms with van der Waals surface area (Å²) in [6.07, 6.45) is 8.64. The lowest BCUT2D eigenvalue weighted by Crippen LogP contribution is -2.57. The highest BCUT2D eigenvalue weighted by atomic mass is 16.3. The first-order valence-corrected chi connectivity index (χ1v) is 12.0. The molecule has 5 atom stereocenters. The Labute approximate surface area is 187 Å². The number of ketones is 1. The fourth-order valence-electron chi connectivity index (χ4n) is 4.15. The first-order chi connectivity index (χ1) is 14.8. The molecule has 0 unspecified atom stereocenters. The highest BCUT2D eigenvalue weighted by molar-refractivity contribution is 5.92. The van der Waals surface area contributed by atoms with Crippen molar-refractivity contribution in [2.45, 2.75) is 96.7 Å².